The van der Waals surface area contributed by atoms with E-state index < -0.39 is 12.1 Å². The van der Waals surface area contributed by atoms with E-state index in [1.165, 1.54) is 11.8 Å². The summed E-state index contributed by atoms with van der Waals surface area (Å²) < 4.78 is 10.3. The van der Waals surface area contributed by atoms with Crippen molar-refractivity contribution >= 4 is 35.1 Å². The van der Waals surface area contributed by atoms with Gasteiger partial charge >= 0.3 is 5.97 Å². The van der Waals surface area contributed by atoms with E-state index in [9.17, 15) is 14.4 Å². The largest absolute Gasteiger partial charge is 0.497 e. The minimum Gasteiger partial charge on any atom is -0.497 e. The fraction of sp³-hybridized carbons (Fsp3) is 0.286. The minimum atomic E-state index is -0.902. The van der Waals surface area contributed by atoms with Crippen molar-refractivity contribution in [3.05, 3.63) is 54.1 Å². The number of hydrogen-bond acceptors (Lipinski definition) is 6. The van der Waals surface area contributed by atoms with Crippen molar-refractivity contribution in [2.45, 2.75) is 24.3 Å². The number of para-hydroxylation sites is 1. The van der Waals surface area contributed by atoms with Gasteiger partial charge in [0.05, 0.1) is 25.0 Å². The Hall–Kier alpha value is -2.80. The van der Waals surface area contributed by atoms with Crippen LogP contribution in [0.1, 0.15) is 23.7 Å². The van der Waals surface area contributed by atoms with E-state index in [1.54, 1.807) is 43.2 Å². The Bertz CT molecular complexity index is 881. The van der Waals surface area contributed by atoms with Crippen molar-refractivity contribution in [3.63, 3.8) is 0 Å². The van der Waals surface area contributed by atoms with Crippen LogP contribution in [0.2, 0.25) is 0 Å². The molecule has 0 saturated carbocycles. The number of thioether (sulfide) groups is 1. The Kier molecular flexibility index (Phi) is 6.36. The number of carbonyl (C=O) groups excluding carboxylic acids is 3. The quantitative estimate of drug-likeness (QED) is 0.525. The number of methoxy groups -OCH3 is 1. The second-order valence-electron chi connectivity index (χ2n) is 6.28. The smallest absolute Gasteiger partial charge is 0.308 e. The highest BCUT2D eigenvalue weighted by Gasteiger charge is 2.26. The SMILES string of the molecule is COc1ccc(C(=O)[C@@H](C)OC(=O)CCN2C(=O)CSc3ccccc32)cc1. The molecule has 0 aromatic heterocycles. The van der Waals surface area contributed by atoms with Crippen LogP contribution in [0.25, 0.3) is 0 Å². The standard InChI is InChI=1S/C21H21NO5S/c1-14(21(25)15-7-9-16(26-2)10-8-15)27-20(24)11-12-22-17-5-3-4-6-18(17)28-13-19(22)23/h3-10,14H,11-13H2,1-2H3/t14-/m1/s1. The lowest BCUT2D eigenvalue weighted by Gasteiger charge is -2.28. The number of anilines is 1. The normalized spacial score (nSPS) is 14.2. The van der Waals surface area contributed by atoms with Gasteiger partial charge in [-0.05, 0) is 43.3 Å². The maximum Gasteiger partial charge on any atom is 0.308 e. The Morgan fingerprint density at radius 1 is 1.14 bits per heavy atom. The van der Waals surface area contributed by atoms with Gasteiger partial charge in [0.15, 0.2) is 6.10 Å². The molecular weight excluding hydrogens is 378 g/mol. The zero-order valence-electron chi connectivity index (χ0n) is 15.7. The van der Waals surface area contributed by atoms with Gasteiger partial charge in [-0.2, -0.15) is 0 Å². The molecule has 1 aliphatic rings. The summed E-state index contributed by atoms with van der Waals surface area (Å²) in [5.41, 5.74) is 1.25. The summed E-state index contributed by atoms with van der Waals surface area (Å²) >= 11 is 1.49. The lowest BCUT2D eigenvalue weighted by atomic mass is 10.1. The molecule has 0 saturated heterocycles. The molecule has 1 amide bonds. The summed E-state index contributed by atoms with van der Waals surface area (Å²) in [6.45, 7) is 1.77. The highest BCUT2D eigenvalue weighted by atomic mass is 32.2. The van der Waals surface area contributed by atoms with Crippen molar-refractivity contribution in [1.82, 2.24) is 0 Å². The van der Waals surface area contributed by atoms with Crippen LogP contribution in [-0.4, -0.2) is 43.2 Å². The summed E-state index contributed by atoms with van der Waals surface area (Å²) in [7, 11) is 1.55. The van der Waals surface area contributed by atoms with Gasteiger partial charge < -0.3 is 14.4 Å². The molecule has 0 spiro atoms. The topological polar surface area (TPSA) is 72.9 Å². The summed E-state index contributed by atoms with van der Waals surface area (Å²) in [5, 5.41) is 0. The highest BCUT2D eigenvalue weighted by Crippen LogP contribution is 2.34. The number of nitrogens with zero attached hydrogens (tertiary/aromatic N) is 1. The third kappa shape index (κ3) is 4.54. The molecule has 0 fully saturated rings. The van der Waals surface area contributed by atoms with Gasteiger partial charge in [0.2, 0.25) is 11.7 Å². The van der Waals surface area contributed by atoms with Crippen LogP contribution < -0.4 is 9.64 Å². The molecule has 28 heavy (non-hydrogen) atoms. The van der Waals surface area contributed by atoms with E-state index in [0.29, 0.717) is 17.1 Å². The predicted octanol–water partition coefficient (Wildman–Crippen LogP) is 3.34. The first-order valence-electron chi connectivity index (χ1n) is 8.89. The molecule has 7 heteroatoms. The predicted molar refractivity (Wildman–Crippen MR) is 107 cm³/mol. The number of carbonyl (C=O) groups is 3. The molecule has 1 heterocycles. The molecule has 0 bridgehead atoms. The number of ketones is 1. The first-order chi connectivity index (χ1) is 13.5. The number of hydrogen-bond donors (Lipinski definition) is 0. The molecule has 2 aromatic carbocycles. The van der Waals surface area contributed by atoms with Crippen LogP contribution >= 0.6 is 11.8 Å². The average molecular weight is 399 g/mol. The molecule has 146 valence electrons. The number of Topliss-reactive ketones (excluding diaryl/α,β-unsaturated/α-hetero) is 1. The summed E-state index contributed by atoms with van der Waals surface area (Å²) in [5.74, 6) is 0.146. The van der Waals surface area contributed by atoms with E-state index in [1.807, 2.05) is 24.3 Å². The van der Waals surface area contributed by atoms with Crippen LogP contribution in [0.4, 0.5) is 5.69 Å². The van der Waals surface area contributed by atoms with E-state index in [0.717, 1.165) is 10.6 Å². The number of amides is 1. The number of fused-ring (bicyclic) bond motifs is 1. The zero-order chi connectivity index (χ0) is 20.1. The minimum absolute atomic E-state index is 0.0188. The lowest BCUT2D eigenvalue weighted by Crippen LogP contribution is -2.37. The number of esters is 1. The Labute approximate surface area is 167 Å². The molecule has 0 unspecified atom stereocenters. The van der Waals surface area contributed by atoms with Crippen molar-refractivity contribution in [2.75, 3.05) is 24.3 Å². The second kappa shape index (κ2) is 8.93. The molecule has 2 aromatic rings. The number of rotatable bonds is 7. The van der Waals surface area contributed by atoms with E-state index in [4.69, 9.17) is 9.47 Å². The van der Waals surface area contributed by atoms with E-state index >= 15 is 0 Å². The highest BCUT2D eigenvalue weighted by molar-refractivity contribution is 8.00. The summed E-state index contributed by atoms with van der Waals surface area (Å²) in [4.78, 5) is 39.5. The molecule has 1 aliphatic heterocycles. The zero-order valence-corrected chi connectivity index (χ0v) is 16.5. The maximum absolute atomic E-state index is 12.4. The molecule has 0 N–H and O–H groups in total. The first kappa shape index (κ1) is 19.9. The van der Waals surface area contributed by atoms with Crippen molar-refractivity contribution < 1.29 is 23.9 Å². The van der Waals surface area contributed by atoms with Gasteiger partial charge in [0.25, 0.3) is 0 Å². The Morgan fingerprint density at radius 2 is 1.86 bits per heavy atom. The Balaban J connectivity index is 1.56. The van der Waals surface area contributed by atoms with Crippen LogP contribution in [0.5, 0.6) is 5.75 Å². The van der Waals surface area contributed by atoms with E-state index in [2.05, 4.69) is 0 Å². The molecule has 3 rings (SSSR count). The van der Waals surface area contributed by atoms with Gasteiger partial charge in [-0.15, -0.1) is 11.8 Å². The third-order valence-electron chi connectivity index (χ3n) is 4.40. The first-order valence-corrected chi connectivity index (χ1v) is 9.88. The average Bonchev–Trinajstić information content (AvgIpc) is 2.72. The lowest BCUT2D eigenvalue weighted by molar-refractivity contribution is -0.146. The van der Waals surface area contributed by atoms with Crippen LogP contribution in [0.3, 0.4) is 0 Å². The van der Waals surface area contributed by atoms with Crippen LogP contribution in [-0.2, 0) is 14.3 Å². The second-order valence-corrected chi connectivity index (χ2v) is 7.29. The molecule has 1 atom stereocenters. The van der Waals surface area contributed by atoms with Crippen LogP contribution in [0.15, 0.2) is 53.4 Å². The third-order valence-corrected chi connectivity index (χ3v) is 5.45. The molecule has 0 aliphatic carbocycles. The van der Waals surface area contributed by atoms with Gasteiger partial charge in [-0.25, -0.2) is 0 Å². The Morgan fingerprint density at radius 3 is 2.57 bits per heavy atom. The fourth-order valence-electron chi connectivity index (χ4n) is 2.90. The monoisotopic (exact) mass is 399 g/mol. The number of ether oxygens (including phenoxy) is 2. The summed E-state index contributed by atoms with van der Waals surface area (Å²) in [6.07, 6.45) is -0.883. The van der Waals surface area contributed by atoms with Crippen molar-refractivity contribution in [3.8, 4) is 5.75 Å². The van der Waals surface area contributed by atoms with Gasteiger partial charge in [-0.1, -0.05) is 12.1 Å². The van der Waals surface area contributed by atoms with Crippen molar-refractivity contribution in [2.24, 2.45) is 0 Å². The van der Waals surface area contributed by atoms with Crippen molar-refractivity contribution in [1.29, 1.82) is 0 Å². The molecule has 6 nitrogen and oxygen atoms in total. The van der Waals surface area contributed by atoms with Gasteiger partial charge in [-0.3, -0.25) is 14.4 Å². The van der Waals surface area contributed by atoms with Crippen LogP contribution in [0, 0.1) is 0 Å². The number of benzene rings is 2. The van der Waals surface area contributed by atoms with Gasteiger partial charge in [0, 0.05) is 17.0 Å². The molecule has 0 radical (unpaired) electrons. The van der Waals surface area contributed by atoms with E-state index in [-0.39, 0.29) is 24.7 Å². The maximum atomic E-state index is 12.4. The van der Waals surface area contributed by atoms with Gasteiger partial charge in [0.1, 0.15) is 5.75 Å². The molecular formula is C21H21NO5S. The summed E-state index contributed by atoms with van der Waals surface area (Å²) in [6, 6.07) is 14.2. The fourth-order valence-corrected chi connectivity index (χ4v) is 3.84.